The zero-order chi connectivity index (χ0) is 23.7. The van der Waals surface area contributed by atoms with Gasteiger partial charge in [0.1, 0.15) is 5.75 Å². The van der Waals surface area contributed by atoms with Crippen LogP contribution in [0.5, 0.6) is 5.75 Å². The van der Waals surface area contributed by atoms with Crippen LogP contribution in [-0.2, 0) is 11.2 Å². The van der Waals surface area contributed by atoms with Gasteiger partial charge in [-0.05, 0) is 56.2 Å². The molecule has 0 spiro atoms. The Labute approximate surface area is 203 Å². The first-order chi connectivity index (χ1) is 16.6. The van der Waals surface area contributed by atoms with Crippen LogP contribution < -0.4 is 9.64 Å². The smallest absolute Gasteiger partial charge is 0.237 e. The summed E-state index contributed by atoms with van der Waals surface area (Å²) < 4.78 is 7.58. The van der Waals surface area contributed by atoms with Gasteiger partial charge in [0, 0.05) is 17.4 Å². The first kappa shape index (κ1) is 22.2. The van der Waals surface area contributed by atoms with Crippen LogP contribution in [0, 0.1) is 6.92 Å². The fourth-order valence-electron chi connectivity index (χ4n) is 4.44. The first-order valence-corrected chi connectivity index (χ1v) is 12.2. The Morgan fingerprint density at radius 1 is 1.03 bits per heavy atom. The number of anilines is 1. The molecule has 0 aliphatic carbocycles. The Hall–Kier alpha value is -3.58. The van der Waals surface area contributed by atoms with Crippen molar-refractivity contribution in [2.75, 3.05) is 17.8 Å². The second kappa shape index (κ2) is 9.35. The number of ether oxygens (including phenoxy) is 1. The van der Waals surface area contributed by atoms with Crippen LogP contribution in [-0.4, -0.2) is 39.6 Å². The van der Waals surface area contributed by atoms with Gasteiger partial charge in [-0.3, -0.25) is 9.36 Å². The maximum atomic E-state index is 13.3. The van der Waals surface area contributed by atoms with Gasteiger partial charge in [0.05, 0.1) is 18.4 Å². The molecule has 1 atom stereocenters. The number of aromatic nitrogens is 3. The predicted molar refractivity (Wildman–Crippen MR) is 136 cm³/mol. The highest BCUT2D eigenvalue weighted by molar-refractivity contribution is 7.99. The molecule has 1 aliphatic heterocycles. The molecule has 0 saturated heterocycles. The van der Waals surface area contributed by atoms with Crippen molar-refractivity contribution in [2.24, 2.45) is 0 Å². The molecule has 0 fully saturated rings. The zero-order valence-electron chi connectivity index (χ0n) is 19.4. The molecular weight excluding hydrogens is 444 g/mol. The van der Waals surface area contributed by atoms with Crippen LogP contribution in [0.2, 0.25) is 0 Å². The molecule has 1 aliphatic rings. The molecule has 5 rings (SSSR count). The Morgan fingerprint density at radius 2 is 1.76 bits per heavy atom. The molecule has 34 heavy (non-hydrogen) atoms. The quantitative estimate of drug-likeness (QED) is 0.357. The van der Waals surface area contributed by atoms with Gasteiger partial charge in [-0.1, -0.05) is 59.8 Å². The Balaban J connectivity index is 1.48. The van der Waals surface area contributed by atoms with Crippen molar-refractivity contribution in [1.29, 1.82) is 0 Å². The minimum atomic E-state index is 0.0692. The van der Waals surface area contributed by atoms with Gasteiger partial charge < -0.3 is 9.64 Å². The topological polar surface area (TPSA) is 60.3 Å². The van der Waals surface area contributed by atoms with Crippen molar-refractivity contribution in [3.63, 3.8) is 0 Å². The third-order valence-corrected chi connectivity index (χ3v) is 6.99. The van der Waals surface area contributed by atoms with Crippen molar-refractivity contribution in [3.8, 4) is 22.8 Å². The van der Waals surface area contributed by atoms with Gasteiger partial charge in [0.2, 0.25) is 5.91 Å². The SMILES string of the molecule is COc1ccccc1-c1nnc(SCC(=O)N2c3ccccc3CC2C)n1-c1ccc(C)cc1. The van der Waals surface area contributed by atoms with E-state index in [4.69, 9.17) is 4.74 Å². The Kier molecular flexibility index (Phi) is 6.11. The molecule has 0 radical (unpaired) electrons. The van der Waals surface area contributed by atoms with E-state index in [1.807, 2.05) is 64.1 Å². The average molecular weight is 471 g/mol. The van der Waals surface area contributed by atoms with Gasteiger partial charge >= 0.3 is 0 Å². The number of methoxy groups -OCH3 is 1. The number of fused-ring (bicyclic) bond motifs is 1. The van der Waals surface area contributed by atoms with E-state index in [1.54, 1.807) is 7.11 Å². The van der Waals surface area contributed by atoms with Crippen LogP contribution in [0.1, 0.15) is 18.1 Å². The van der Waals surface area contributed by atoms with E-state index in [2.05, 4.69) is 42.2 Å². The number of nitrogens with zero attached hydrogens (tertiary/aromatic N) is 4. The van der Waals surface area contributed by atoms with Crippen LogP contribution in [0.25, 0.3) is 17.1 Å². The molecule has 1 unspecified atom stereocenters. The molecule has 7 heteroatoms. The molecule has 3 aromatic carbocycles. The maximum absolute atomic E-state index is 13.3. The lowest BCUT2D eigenvalue weighted by molar-refractivity contribution is -0.116. The lowest BCUT2D eigenvalue weighted by Gasteiger charge is -2.22. The largest absolute Gasteiger partial charge is 0.496 e. The monoisotopic (exact) mass is 470 g/mol. The molecule has 0 N–H and O–H groups in total. The van der Waals surface area contributed by atoms with Crippen molar-refractivity contribution < 1.29 is 9.53 Å². The molecule has 4 aromatic rings. The Morgan fingerprint density at radius 3 is 2.56 bits per heavy atom. The van der Waals surface area contributed by atoms with E-state index >= 15 is 0 Å². The van der Waals surface area contributed by atoms with E-state index in [9.17, 15) is 4.79 Å². The minimum Gasteiger partial charge on any atom is -0.496 e. The van der Waals surface area contributed by atoms with Crippen LogP contribution in [0.15, 0.2) is 78.0 Å². The second-order valence-electron chi connectivity index (χ2n) is 8.41. The molecular formula is C27H26N4O2S. The van der Waals surface area contributed by atoms with Crippen molar-refractivity contribution in [1.82, 2.24) is 14.8 Å². The fraction of sp³-hybridized carbons (Fsp3) is 0.222. The van der Waals surface area contributed by atoms with Gasteiger partial charge in [-0.25, -0.2) is 0 Å². The van der Waals surface area contributed by atoms with Crippen molar-refractivity contribution in [2.45, 2.75) is 31.5 Å². The van der Waals surface area contributed by atoms with E-state index < -0.39 is 0 Å². The van der Waals surface area contributed by atoms with E-state index in [1.165, 1.54) is 22.9 Å². The summed E-state index contributed by atoms with van der Waals surface area (Å²) in [5.74, 6) is 1.74. The van der Waals surface area contributed by atoms with Crippen LogP contribution >= 0.6 is 11.8 Å². The molecule has 0 saturated carbocycles. The van der Waals surface area contributed by atoms with E-state index in [0.717, 1.165) is 29.1 Å². The summed E-state index contributed by atoms with van der Waals surface area (Å²) >= 11 is 1.40. The van der Waals surface area contributed by atoms with Gasteiger partial charge in [0.25, 0.3) is 0 Å². The van der Waals surface area contributed by atoms with E-state index in [-0.39, 0.29) is 17.7 Å². The summed E-state index contributed by atoms with van der Waals surface area (Å²) in [5, 5.41) is 9.65. The summed E-state index contributed by atoms with van der Waals surface area (Å²) in [6.07, 6.45) is 0.879. The maximum Gasteiger partial charge on any atom is 0.237 e. The predicted octanol–water partition coefficient (Wildman–Crippen LogP) is 5.32. The van der Waals surface area contributed by atoms with Crippen LogP contribution in [0.4, 0.5) is 5.69 Å². The highest BCUT2D eigenvalue weighted by Crippen LogP contribution is 2.35. The number of carbonyl (C=O) groups is 1. The number of thioether (sulfide) groups is 1. The molecule has 172 valence electrons. The number of aryl methyl sites for hydroxylation is 1. The zero-order valence-corrected chi connectivity index (χ0v) is 20.2. The summed E-state index contributed by atoms with van der Waals surface area (Å²) in [7, 11) is 1.65. The molecule has 0 bridgehead atoms. The standard InChI is InChI=1S/C27H26N4O2S/c1-18-12-14-21(15-13-18)31-26(22-9-5-7-11-24(22)33-3)28-29-27(31)34-17-25(32)30-19(2)16-20-8-4-6-10-23(20)30/h4-15,19H,16-17H2,1-3H3. The summed E-state index contributed by atoms with van der Waals surface area (Å²) in [6.45, 7) is 4.15. The normalized spacial score (nSPS) is 14.8. The number of para-hydroxylation sites is 2. The number of carbonyl (C=O) groups excluding carboxylic acids is 1. The number of hydrogen-bond donors (Lipinski definition) is 0. The van der Waals surface area contributed by atoms with Gasteiger partial charge in [-0.2, -0.15) is 0 Å². The minimum absolute atomic E-state index is 0.0692. The average Bonchev–Trinajstić information content (AvgIpc) is 3.43. The lowest BCUT2D eigenvalue weighted by Crippen LogP contribution is -2.37. The van der Waals surface area contributed by atoms with Gasteiger partial charge in [0.15, 0.2) is 11.0 Å². The molecule has 1 aromatic heterocycles. The lowest BCUT2D eigenvalue weighted by atomic mass is 10.1. The number of rotatable bonds is 6. The number of benzene rings is 3. The fourth-order valence-corrected chi connectivity index (χ4v) is 5.25. The highest BCUT2D eigenvalue weighted by atomic mass is 32.2. The molecule has 1 amide bonds. The Bertz CT molecular complexity index is 1330. The number of hydrogen-bond acceptors (Lipinski definition) is 5. The summed E-state index contributed by atoms with van der Waals surface area (Å²) in [5.41, 5.74) is 5.18. The number of amides is 1. The molecule has 2 heterocycles. The molecule has 6 nitrogen and oxygen atoms in total. The van der Waals surface area contributed by atoms with Crippen LogP contribution in [0.3, 0.4) is 0 Å². The first-order valence-electron chi connectivity index (χ1n) is 11.3. The van der Waals surface area contributed by atoms with Crippen molar-refractivity contribution in [3.05, 3.63) is 83.9 Å². The highest BCUT2D eigenvalue weighted by Gasteiger charge is 2.31. The summed E-state index contributed by atoms with van der Waals surface area (Å²) in [6, 6.07) is 24.2. The van der Waals surface area contributed by atoms with E-state index in [0.29, 0.717) is 11.0 Å². The van der Waals surface area contributed by atoms with Crippen molar-refractivity contribution >= 4 is 23.4 Å². The summed E-state index contributed by atoms with van der Waals surface area (Å²) in [4.78, 5) is 15.2. The second-order valence-corrected chi connectivity index (χ2v) is 9.35. The van der Waals surface area contributed by atoms with Gasteiger partial charge in [-0.15, -0.1) is 10.2 Å². The third-order valence-electron chi connectivity index (χ3n) is 6.07. The third kappa shape index (κ3) is 4.07.